The van der Waals surface area contributed by atoms with Crippen molar-refractivity contribution >= 4 is 21.6 Å². The van der Waals surface area contributed by atoms with Crippen LogP contribution in [-0.2, 0) is 6.54 Å². The lowest BCUT2D eigenvalue weighted by Gasteiger charge is -2.29. The van der Waals surface area contributed by atoms with Gasteiger partial charge < -0.3 is 5.32 Å². The van der Waals surface area contributed by atoms with Crippen molar-refractivity contribution in [3.63, 3.8) is 0 Å². The number of aromatic nitrogens is 1. The van der Waals surface area contributed by atoms with Crippen molar-refractivity contribution in [3.8, 4) is 0 Å². The molecule has 1 N–H and O–H groups in total. The summed E-state index contributed by atoms with van der Waals surface area (Å²) in [5.41, 5.74) is 1.14. The molecule has 1 fully saturated rings. The molecule has 4 heteroatoms. The maximum atomic E-state index is 4.80. The Kier molecular flexibility index (Phi) is 4.57. The van der Waals surface area contributed by atoms with E-state index in [0.717, 1.165) is 25.2 Å². The highest BCUT2D eigenvalue weighted by atomic mass is 32.1. The Hall–Kier alpha value is -0.970. The summed E-state index contributed by atoms with van der Waals surface area (Å²) in [4.78, 5) is 7.40. The Labute approximate surface area is 131 Å². The largest absolute Gasteiger partial charge is 0.312 e. The van der Waals surface area contributed by atoms with E-state index < -0.39 is 0 Å². The van der Waals surface area contributed by atoms with Gasteiger partial charge in [0, 0.05) is 18.6 Å². The van der Waals surface area contributed by atoms with Gasteiger partial charge in [-0.3, -0.25) is 4.90 Å². The first-order valence-corrected chi connectivity index (χ1v) is 8.77. The van der Waals surface area contributed by atoms with Crippen LogP contribution in [0.5, 0.6) is 0 Å². The van der Waals surface area contributed by atoms with Gasteiger partial charge in [-0.2, -0.15) is 0 Å². The zero-order valence-electron chi connectivity index (χ0n) is 13.2. The standard InChI is InChI=1S/C17H25N3S/c1-12(2)15-10-20(13(3)8-9-18-15)11-17-19-14-6-4-5-7-16(14)21-17/h4-7,12-13,15,18H,8-11H2,1-3H3. The summed E-state index contributed by atoms with van der Waals surface area (Å²) in [5.74, 6) is 0.674. The average Bonchev–Trinajstić information content (AvgIpc) is 2.77. The predicted octanol–water partition coefficient (Wildman–Crippen LogP) is 3.50. The van der Waals surface area contributed by atoms with Crippen LogP contribution in [0.15, 0.2) is 24.3 Å². The quantitative estimate of drug-likeness (QED) is 0.940. The van der Waals surface area contributed by atoms with E-state index in [0.29, 0.717) is 18.0 Å². The third kappa shape index (κ3) is 3.44. The van der Waals surface area contributed by atoms with Crippen molar-refractivity contribution in [1.82, 2.24) is 15.2 Å². The number of hydrogen-bond donors (Lipinski definition) is 1. The molecule has 0 amide bonds. The van der Waals surface area contributed by atoms with Crippen molar-refractivity contribution in [3.05, 3.63) is 29.3 Å². The van der Waals surface area contributed by atoms with Gasteiger partial charge in [-0.1, -0.05) is 26.0 Å². The Morgan fingerprint density at radius 1 is 1.38 bits per heavy atom. The smallest absolute Gasteiger partial charge is 0.108 e. The molecule has 2 unspecified atom stereocenters. The van der Waals surface area contributed by atoms with Crippen LogP contribution in [0.3, 0.4) is 0 Å². The lowest BCUT2D eigenvalue weighted by atomic mass is 10.0. The van der Waals surface area contributed by atoms with Crippen molar-refractivity contribution in [2.24, 2.45) is 5.92 Å². The normalized spacial score (nSPS) is 24.6. The number of thiazole rings is 1. The molecule has 1 aliphatic rings. The molecule has 2 aromatic rings. The third-order valence-electron chi connectivity index (χ3n) is 4.50. The zero-order valence-corrected chi connectivity index (χ0v) is 14.0. The number of para-hydroxylation sites is 1. The molecule has 0 radical (unpaired) electrons. The van der Waals surface area contributed by atoms with Gasteiger partial charge in [0.1, 0.15) is 5.01 Å². The van der Waals surface area contributed by atoms with Crippen LogP contribution in [0.4, 0.5) is 0 Å². The Bertz CT molecular complexity index is 559. The second-order valence-corrected chi connectivity index (χ2v) is 7.56. The molecule has 0 bridgehead atoms. The molecule has 1 aliphatic heterocycles. The van der Waals surface area contributed by atoms with Crippen LogP contribution < -0.4 is 5.32 Å². The van der Waals surface area contributed by atoms with Gasteiger partial charge in [0.2, 0.25) is 0 Å². The van der Waals surface area contributed by atoms with Crippen LogP contribution in [0.2, 0.25) is 0 Å². The second kappa shape index (κ2) is 6.42. The van der Waals surface area contributed by atoms with Crippen molar-refractivity contribution in [1.29, 1.82) is 0 Å². The first-order valence-electron chi connectivity index (χ1n) is 7.95. The average molecular weight is 303 g/mol. The Balaban J connectivity index is 1.77. The molecule has 21 heavy (non-hydrogen) atoms. The summed E-state index contributed by atoms with van der Waals surface area (Å²) < 4.78 is 1.30. The van der Waals surface area contributed by atoms with E-state index in [2.05, 4.69) is 55.3 Å². The molecule has 0 aliphatic carbocycles. The summed E-state index contributed by atoms with van der Waals surface area (Å²) in [6.45, 7) is 10.2. The highest BCUT2D eigenvalue weighted by Crippen LogP contribution is 2.24. The van der Waals surface area contributed by atoms with Gasteiger partial charge >= 0.3 is 0 Å². The van der Waals surface area contributed by atoms with Gasteiger partial charge in [0.05, 0.1) is 16.8 Å². The van der Waals surface area contributed by atoms with Gasteiger partial charge in [-0.25, -0.2) is 4.98 Å². The van der Waals surface area contributed by atoms with E-state index in [9.17, 15) is 0 Å². The molecule has 3 rings (SSSR count). The number of nitrogens with zero attached hydrogens (tertiary/aromatic N) is 2. The highest BCUT2D eigenvalue weighted by molar-refractivity contribution is 7.18. The fraction of sp³-hybridized carbons (Fsp3) is 0.588. The molecule has 1 saturated heterocycles. The third-order valence-corrected chi connectivity index (χ3v) is 5.53. The van der Waals surface area contributed by atoms with Crippen LogP contribution >= 0.6 is 11.3 Å². The lowest BCUT2D eigenvalue weighted by Crippen LogP contribution is -2.42. The molecule has 1 aromatic heterocycles. The van der Waals surface area contributed by atoms with E-state index in [4.69, 9.17) is 4.98 Å². The minimum absolute atomic E-state index is 0.587. The summed E-state index contributed by atoms with van der Waals surface area (Å²) in [6.07, 6.45) is 1.22. The molecular weight excluding hydrogens is 278 g/mol. The topological polar surface area (TPSA) is 28.2 Å². The number of hydrogen-bond acceptors (Lipinski definition) is 4. The van der Waals surface area contributed by atoms with Gasteiger partial charge in [-0.15, -0.1) is 11.3 Å². The number of rotatable bonds is 3. The first-order chi connectivity index (χ1) is 10.1. The van der Waals surface area contributed by atoms with Crippen molar-refractivity contribution in [2.45, 2.75) is 45.8 Å². The molecule has 114 valence electrons. The summed E-state index contributed by atoms with van der Waals surface area (Å²) in [6, 6.07) is 9.65. The fourth-order valence-corrected chi connectivity index (χ4v) is 3.98. The minimum Gasteiger partial charge on any atom is -0.312 e. The molecule has 0 saturated carbocycles. The zero-order chi connectivity index (χ0) is 14.8. The maximum absolute atomic E-state index is 4.80. The SMILES string of the molecule is CC(C)C1CN(Cc2nc3ccccc3s2)C(C)CCN1. The monoisotopic (exact) mass is 303 g/mol. The predicted molar refractivity (Wildman–Crippen MR) is 90.7 cm³/mol. The second-order valence-electron chi connectivity index (χ2n) is 6.45. The summed E-state index contributed by atoms with van der Waals surface area (Å²) in [5, 5.41) is 4.94. The molecule has 3 nitrogen and oxygen atoms in total. The van der Waals surface area contributed by atoms with Gasteiger partial charge in [0.15, 0.2) is 0 Å². The van der Waals surface area contributed by atoms with Crippen LogP contribution in [0, 0.1) is 5.92 Å². The summed E-state index contributed by atoms with van der Waals surface area (Å²) >= 11 is 1.84. The van der Waals surface area contributed by atoms with E-state index in [1.165, 1.54) is 16.1 Å². The van der Waals surface area contributed by atoms with E-state index in [1.54, 1.807) is 0 Å². The minimum atomic E-state index is 0.587. The van der Waals surface area contributed by atoms with Crippen LogP contribution in [-0.4, -0.2) is 35.1 Å². The lowest BCUT2D eigenvalue weighted by molar-refractivity contribution is 0.184. The van der Waals surface area contributed by atoms with Crippen LogP contribution in [0.25, 0.3) is 10.2 Å². The molecular formula is C17H25N3S. The Morgan fingerprint density at radius 2 is 2.19 bits per heavy atom. The van der Waals surface area contributed by atoms with Crippen molar-refractivity contribution < 1.29 is 0 Å². The molecule has 2 atom stereocenters. The Morgan fingerprint density at radius 3 is 2.95 bits per heavy atom. The van der Waals surface area contributed by atoms with Gasteiger partial charge in [-0.05, 0) is 37.9 Å². The van der Waals surface area contributed by atoms with Crippen molar-refractivity contribution in [2.75, 3.05) is 13.1 Å². The van der Waals surface area contributed by atoms with Gasteiger partial charge in [0.25, 0.3) is 0 Å². The number of benzene rings is 1. The van der Waals surface area contributed by atoms with E-state index >= 15 is 0 Å². The van der Waals surface area contributed by atoms with E-state index in [1.807, 2.05) is 11.3 Å². The number of nitrogens with one attached hydrogen (secondary N) is 1. The molecule has 0 spiro atoms. The number of fused-ring (bicyclic) bond motifs is 1. The summed E-state index contributed by atoms with van der Waals surface area (Å²) in [7, 11) is 0. The maximum Gasteiger partial charge on any atom is 0.108 e. The first kappa shape index (κ1) is 14.9. The highest BCUT2D eigenvalue weighted by Gasteiger charge is 2.25. The van der Waals surface area contributed by atoms with E-state index in [-0.39, 0.29) is 0 Å². The molecule has 1 aromatic carbocycles. The fourth-order valence-electron chi connectivity index (χ4n) is 2.99. The molecule has 2 heterocycles. The van der Waals surface area contributed by atoms with Crippen LogP contribution in [0.1, 0.15) is 32.2 Å².